The number of carbonyl (C=O) groups is 1. The third-order valence-electron chi connectivity index (χ3n) is 5.06. The Morgan fingerprint density at radius 3 is 1.50 bits per heavy atom. The minimum atomic E-state index is -2.72. The van der Waals surface area contributed by atoms with Gasteiger partial charge in [-0.3, -0.25) is 0 Å². The van der Waals surface area contributed by atoms with Gasteiger partial charge in [0.05, 0.1) is 5.67 Å². The summed E-state index contributed by atoms with van der Waals surface area (Å²) in [6, 6.07) is 31.3. The maximum absolute atomic E-state index is 12.8. The lowest BCUT2D eigenvalue weighted by molar-refractivity contribution is 0.0526. The maximum atomic E-state index is 12.8. The minimum absolute atomic E-state index is 0.306. The molecule has 3 aromatic rings. The lowest BCUT2D eigenvalue weighted by Gasteiger charge is -2.39. The molecule has 0 spiro atoms. The fraction of sp³-hybridized carbons (Fsp3) is 0.192. The molecule has 3 rings (SSSR count). The Bertz CT molecular complexity index is 870. The summed E-state index contributed by atoms with van der Waals surface area (Å²) in [4.78, 5) is 12.8. The molecule has 0 fully saturated rings. The second-order valence-corrected chi connectivity index (χ2v) is 12.2. The summed E-state index contributed by atoms with van der Waals surface area (Å²) in [5.74, 6) is 0. The third-order valence-corrected chi connectivity index (χ3v) is 10.1. The van der Waals surface area contributed by atoms with Crippen LogP contribution in [-0.4, -0.2) is 25.4 Å². The van der Waals surface area contributed by atoms with E-state index in [1.54, 1.807) is 0 Å². The average Bonchev–Trinajstić information content (AvgIpc) is 2.74. The van der Waals surface area contributed by atoms with E-state index in [1.165, 1.54) is 15.6 Å². The van der Waals surface area contributed by atoms with E-state index in [0.29, 0.717) is 0 Å². The van der Waals surface area contributed by atoms with E-state index in [9.17, 15) is 4.79 Å². The highest BCUT2D eigenvalue weighted by Gasteiger charge is 2.46. The molecule has 1 amide bonds. The number of hydrogen-bond acceptors (Lipinski definition) is 2. The lowest BCUT2D eigenvalue weighted by Crippen LogP contribution is -2.77. The number of benzene rings is 3. The third kappa shape index (κ3) is 4.55. The predicted octanol–water partition coefficient (Wildman–Crippen LogP) is 3.78. The molecule has 0 aliphatic rings. The summed E-state index contributed by atoms with van der Waals surface area (Å²) in [7, 11) is -2.72. The number of ether oxygens (including phenoxy) is 1. The molecule has 1 atom stereocenters. The Labute approximate surface area is 180 Å². The average molecular weight is 416 g/mol. The smallest absolute Gasteiger partial charge is 0.407 e. The molecule has 0 radical (unpaired) electrons. The van der Waals surface area contributed by atoms with Gasteiger partial charge < -0.3 is 10.1 Å². The van der Waals surface area contributed by atoms with Crippen LogP contribution < -0.4 is 20.9 Å². The van der Waals surface area contributed by atoms with Crippen molar-refractivity contribution >= 4 is 29.7 Å². The van der Waals surface area contributed by atoms with Crippen molar-refractivity contribution in [3.05, 3.63) is 104 Å². The van der Waals surface area contributed by atoms with E-state index in [0.717, 1.165) is 0 Å². The van der Waals surface area contributed by atoms with E-state index in [-0.39, 0.29) is 5.67 Å². The number of nitrogens with one attached hydrogen (secondary N) is 1. The molecule has 0 aromatic heterocycles. The van der Waals surface area contributed by atoms with Crippen molar-refractivity contribution in [3.8, 4) is 0 Å². The molecule has 0 saturated carbocycles. The summed E-state index contributed by atoms with van der Waals surface area (Å²) in [6.07, 6.45) is 1.41. The highest BCUT2D eigenvalue weighted by atomic mass is 28.3. The molecule has 0 heterocycles. The van der Waals surface area contributed by atoms with Crippen molar-refractivity contribution in [1.29, 1.82) is 0 Å². The van der Waals surface area contributed by atoms with Crippen molar-refractivity contribution in [2.24, 2.45) is 0 Å². The number of alkyl carbamates (subject to hydrolysis) is 1. The lowest BCUT2D eigenvalue weighted by atomic mass is 10.2. The van der Waals surface area contributed by atoms with Gasteiger partial charge in [0.25, 0.3) is 0 Å². The summed E-state index contributed by atoms with van der Waals surface area (Å²) < 4.78 is 5.60. The number of amides is 1. The van der Waals surface area contributed by atoms with Crippen LogP contribution in [0.2, 0.25) is 0 Å². The molecule has 154 valence electrons. The summed E-state index contributed by atoms with van der Waals surface area (Å²) in [5, 5.41) is 6.73. The van der Waals surface area contributed by atoms with E-state index < -0.39 is 19.8 Å². The van der Waals surface area contributed by atoms with Crippen molar-refractivity contribution in [3.63, 3.8) is 0 Å². The zero-order valence-corrected chi connectivity index (χ0v) is 18.8. The second kappa shape index (κ2) is 9.14. The van der Waals surface area contributed by atoms with Gasteiger partial charge >= 0.3 is 6.09 Å². The summed E-state index contributed by atoms with van der Waals surface area (Å²) in [5.41, 5.74) is -0.883. The van der Waals surface area contributed by atoms with Crippen molar-refractivity contribution in [1.82, 2.24) is 5.32 Å². The van der Waals surface area contributed by atoms with E-state index >= 15 is 0 Å². The molecule has 0 aliphatic heterocycles. The molecule has 30 heavy (non-hydrogen) atoms. The largest absolute Gasteiger partial charge is 0.444 e. The van der Waals surface area contributed by atoms with Gasteiger partial charge in [-0.15, -0.1) is 6.58 Å². The zero-order valence-electron chi connectivity index (χ0n) is 17.8. The number of rotatable bonds is 6. The molecule has 0 saturated heterocycles. The van der Waals surface area contributed by atoms with Gasteiger partial charge in [-0.1, -0.05) is 97.1 Å². The highest BCUT2D eigenvalue weighted by Crippen LogP contribution is 2.15. The Morgan fingerprint density at radius 2 is 1.20 bits per heavy atom. The Morgan fingerprint density at radius 1 is 0.833 bits per heavy atom. The minimum Gasteiger partial charge on any atom is -0.444 e. The first kappa shape index (κ1) is 21.6. The SMILES string of the molecule is C=C[C@@H](NC(=O)OC(C)(C)C)[Si](c1ccccc1)(c1ccccc1)c1ccccc1. The van der Waals surface area contributed by atoms with Gasteiger partial charge in [0.15, 0.2) is 8.07 Å². The van der Waals surface area contributed by atoms with Crippen LogP contribution in [0.4, 0.5) is 4.79 Å². The van der Waals surface area contributed by atoms with E-state index in [1.807, 2.05) is 45.0 Å². The fourth-order valence-corrected chi connectivity index (χ4v) is 8.84. The van der Waals surface area contributed by atoms with Gasteiger partial charge in [-0.25, -0.2) is 4.79 Å². The molecule has 3 aromatic carbocycles. The van der Waals surface area contributed by atoms with Crippen LogP contribution >= 0.6 is 0 Å². The van der Waals surface area contributed by atoms with Crippen LogP contribution in [0.3, 0.4) is 0 Å². The molecule has 0 unspecified atom stereocenters. The van der Waals surface area contributed by atoms with Crippen molar-refractivity contribution in [2.45, 2.75) is 32.0 Å². The predicted molar refractivity (Wildman–Crippen MR) is 127 cm³/mol. The molecular formula is C26H29NO2Si. The molecule has 4 heteroatoms. The zero-order chi connectivity index (χ0) is 21.6. The Kier molecular flexibility index (Phi) is 6.58. The monoisotopic (exact) mass is 415 g/mol. The van der Waals surface area contributed by atoms with Crippen LogP contribution in [0.5, 0.6) is 0 Å². The Hall–Kier alpha value is -3.11. The highest BCUT2D eigenvalue weighted by molar-refractivity contribution is 7.12. The normalized spacial score (nSPS) is 12.6. The van der Waals surface area contributed by atoms with Crippen LogP contribution in [0.25, 0.3) is 0 Å². The topological polar surface area (TPSA) is 38.3 Å². The van der Waals surface area contributed by atoms with Crippen LogP contribution in [0, 0.1) is 0 Å². The molecular weight excluding hydrogens is 386 g/mol. The van der Waals surface area contributed by atoms with E-state index in [4.69, 9.17) is 4.74 Å². The van der Waals surface area contributed by atoms with E-state index in [2.05, 4.69) is 84.7 Å². The first-order chi connectivity index (χ1) is 14.4. The van der Waals surface area contributed by atoms with Gasteiger partial charge in [0, 0.05) is 0 Å². The van der Waals surface area contributed by atoms with Gasteiger partial charge in [-0.2, -0.15) is 0 Å². The first-order valence-corrected chi connectivity index (χ1v) is 12.2. The van der Waals surface area contributed by atoms with Crippen LogP contribution in [-0.2, 0) is 4.74 Å². The number of carbonyl (C=O) groups excluding carboxylic acids is 1. The van der Waals surface area contributed by atoms with Crippen molar-refractivity contribution < 1.29 is 9.53 Å². The quantitative estimate of drug-likeness (QED) is 0.378. The van der Waals surface area contributed by atoms with Crippen molar-refractivity contribution in [2.75, 3.05) is 0 Å². The van der Waals surface area contributed by atoms with Gasteiger partial charge in [0.2, 0.25) is 0 Å². The van der Waals surface area contributed by atoms with Gasteiger partial charge in [-0.05, 0) is 36.3 Å². The summed E-state index contributed by atoms with van der Waals surface area (Å²) >= 11 is 0. The number of hydrogen-bond donors (Lipinski definition) is 1. The van der Waals surface area contributed by atoms with Gasteiger partial charge in [0.1, 0.15) is 5.60 Å². The first-order valence-electron chi connectivity index (χ1n) is 10.2. The fourth-order valence-electron chi connectivity index (χ4n) is 3.92. The molecule has 0 bridgehead atoms. The Balaban J connectivity index is 2.25. The standard InChI is InChI=1S/C26H29NO2Si/c1-5-24(27-25(28)29-26(2,3)4)30(21-15-9-6-10-16-21,22-17-11-7-12-18-22)23-19-13-8-14-20-23/h5-20,24H,1H2,2-4H3,(H,27,28)/t24-/m0/s1. The molecule has 1 N–H and O–H groups in total. The second-order valence-electron chi connectivity index (χ2n) is 8.27. The van der Waals surface area contributed by atoms with Crippen LogP contribution in [0.15, 0.2) is 104 Å². The maximum Gasteiger partial charge on any atom is 0.407 e. The van der Waals surface area contributed by atoms with Crippen LogP contribution in [0.1, 0.15) is 20.8 Å². The molecule has 0 aliphatic carbocycles. The summed E-state index contributed by atoms with van der Waals surface area (Å²) in [6.45, 7) is 9.72. The molecule has 3 nitrogen and oxygen atoms in total.